The lowest BCUT2D eigenvalue weighted by atomic mass is 9.99. The molecule has 2 rings (SSSR count). The van der Waals surface area contributed by atoms with E-state index in [0.29, 0.717) is 6.54 Å². The highest BCUT2D eigenvalue weighted by Crippen LogP contribution is 2.15. The molecule has 1 saturated heterocycles. The van der Waals surface area contributed by atoms with Crippen LogP contribution in [0.3, 0.4) is 0 Å². The quantitative estimate of drug-likeness (QED) is 0.806. The maximum absolute atomic E-state index is 5.49. The van der Waals surface area contributed by atoms with Crippen LogP contribution in [0, 0.1) is 5.92 Å². The van der Waals surface area contributed by atoms with Crippen molar-refractivity contribution >= 4 is 0 Å². The third kappa shape index (κ3) is 3.02. The van der Waals surface area contributed by atoms with Gasteiger partial charge < -0.3 is 10.6 Å². The lowest BCUT2D eigenvalue weighted by molar-refractivity contribution is 0.184. The first-order chi connectivity index (χ1) is 7.78. The Morgan fingerprint density at radius 1 is 1.38 bits per heavy atom. The minimum Gasteiger partial charge on any atom is -0.325 e. The molecule has 1 fully saturated rings. The van der Waals surface area contributed by atoms with Gasteiger partial charge in [0.2, 0.25) is 0 Å². The molecular weight excluding hydrogens is 202 g/mol. The molecule has 5 nitrogen and oxygen atoms in total. The van der Waals surface area contributed by atoms with Gasteiger partial charge in [0.05, 0.1) is 12.2 Å². The Hall–Kier alpha value is -0.940. The molecule has 16 heavy (non-hydrogen) atoms. The highest BCUT2D eigenvalue weighted by Gasteiger charge is 2.15. The average molecular weight is 223 g/mol. The van der Waals surface area contributed by atoms with Crippen molar-refractivity contribution in [3.8, 4) is 0 Å². The molecular formula is C11H21N5. The Kier molecular flexibility index (Phi) is 3.90. The zero-order valence-corrected chi connectivity index (χ0v) is 9.97. The summed E-state index contributed by atoms with van der Waals surface area (Å²) in [6.07, 6.45) is 4.59. The van der Waals surface area contributed by atoms with Gasteiger partial charge in [0.1, 0.15) is 0 Å². The zero-order chi connectivity index (χ0) is 11.4. The largest absolute Gasteiger partial charge is 0.325 e. The third-order valence-corrected chi connectivity index (χ3v) is 3.32. The smallest absolute Gasteiger partial charge is 0.0962 e. The molecule has 0 aromatic carbocycles. The van der Waals surface area contributed by atoms with Gasteiger partial charge in [0.15, 0.2) is 0 Å². The molecule has 5 heteroatoms. The van der Waals surface area contributed by atoms with E-state index in [1.165, 1.54) is 25.9 Å². The Morgan fingerprint density at radius 3 is 2.75 bits per heavy atom. The maximum atomic E-state index is 5.49. The van der Waals surface area contributed by atoms with Crippen molar-refractivity contribution in [2.45, 2.75) is 32.9 Å². The predicted molar refractivity (Wildman–Crippen MR) is 62.8 cm³/mol. The summed E-state index contributed by atoms with van der Waals surface area (Å²) in [6, 6.07) is 0. The molecule has 1 aromatic heterocycles. The number of nitrogens with zero attached hydrogens (tertiary/aromatic N) is 4. The van der Waals surface area contributed by atoms with Crippen molar-refractivity contribution in [2.75, 3.05) is 19.6 Å². The summed E-state index contributed by atoms with van der Waals surface area (Å²) in [4.78, 5) is 2.50. The maximum Gasteiger partial charge on any atom is 0.0962 e. The van der Waals surface area contributed by atoms with Crippen LogP contribution in [0.4, 0.5) is 0 Å². The number of hydrogen-bond donors (Lipinski definition) is 1. The molecule has 0 bridgehead atoms. The van der Waals surface area contributed by atoms with Gasteiger partial charge in [-0.25, -0.2) is 0 Å². The summed E-state index contributed by atoms with van der Waals surface area (Å²) in [5, 5.41) is 8.03. The second kappa shape index (κ2) is 5.41. The number of likely N-dealkylation sites (tertiary alicyclic amines) is 1. The van der Waals surface area contributed by atoms with Gasteiger partial charge in [-0.15, -0.1) is 5.10 Å². The molecule has 0 amide bonds. The van der Waals surface area contributed by atoms with Crippen LogP contribution in [0.25, 0.3) is 0 Å². The first-order valence-electron chi connectivity index (χ1n) is 6.09. The summed E-state index contributed by atoms with van der Waals surface area (Å²) in [5.74, 6) is 0.895. The molecule has 0 radical (unpaired) electrons. The number of rotatable bonds is 4. The van der Waals surface area contributed by atoms with E-state index in [0.717, 1.165) is 24.7 Å². The predicted octanol–water partition coefficient (Wildman–Crippen LogP) is 0.469. The third-order valence-electron chi connectivity index (χ3n) is 3.32. The van der Waals surface area contributed by atoms with Gasteiger partial charge in [0, 0.05) is 19.3 Å². The van der Waals surface area contributed by atoms with Gasteiger partial charge in [0.25, 0.3) is 0 Å². The average Bonchev–Trinajstić information content (AvgIpc) is 2.76. The molecule has 0 unspecified atom stereocenters. The molecule has 1 aliphatic heterocycles. The van der Waals surface area contributed by atoms with E-state index >= 15 is 0 Å². The van der Waals surface area contributed by atoms with E-state index in [9.17, 15) is 0 Å². The molecule has 1 aliphatic rings. The molecule has 1 aromatic rings. The van der Waals surface area contributed by atoms with E-state index in [1.54, 1.807) is 0 Å². The van der Waals surface area contributed by atoms with Crippen LogP contribution in [-0.4, -0.2) is 39.5 Å². The summed E-state index contributed by atoms with van der Waals surface area (Å²) in [5.41, 5.74) is 6.36. The Morgan fingerprint density at radius 2 is 2.12 bits per heavy atom. The van der Waals surface area contributed by atoms with Crippen molar-refractivity contribution in [2.24, 2.45) is 11.7 Å². The lowest BCUT2D eigenvalue weighted by Gasteiger charge is -2.29. The van der Waals surface area contributed by atoms with E-state index in [4.69, 9.17) is 5.73 Å². The Labute approximate surface area is 96.6 Å². The van der Waals surface area contributed by atoms with Crippen molar-refractivity contribution < 1.29 is 0 Å². The van der Waals surface area contributed by atoms with Crippen LogP contribution < -0.4 is 5.73 Å². The first-order valence-corrected chi connectivity index (χ1v) is 6.09. The first kappa shape index (κ1) is 11.5. The number of nitrogens with two attached hydrogens (primary N) is 1. The minimum atomic E-state index is 0.473. The minimum absolute atomic E-state index is 0.473. The number of piperidine rings is 1. The van der Waals surface area contributed by atoms with Crippen molar-refractivity contribution in [1.29, 1.82) is 0 Å². The monoisotopic (exact) mass is 223 g/mol. The van der Waals surface area contributed by atoms with Crippen molar-refractivity contribution in [1.82, 2.24) is 19.9 Å². The Balaban J connectivity index is 1.74. The Bertz CT molecular complexity index is 314. The van der Waals surface area contributed by atoms with Crippen LogP contribution in [0.2, 0.25) is 0 Å². The van der Waals surface area contributed by atoms with Crippen LogP contribution in [0.5, 0.6) is 0 Å². The van der Waals surface area contributed by atoms with Gasteiger partial charge in [-0.05, 0) is 31.8 Å². The SMILES string of the molecule is CC1CCN(CCn2cc(CN)nn2)CC1. The summed E-state index contributed by atoms with van der Waals surface area (Å²) in [6.45, 7) is 7.24. The normalized spacial score (nSPS) is 19.1. The van der Waals surface area contributed by atoms with Gasteiger partial charge in [-0.3, -0.25) is 4.68 Å². The summed E-state index contributed by atoms with van der Waals surface area (Å²) in [7, 11) is 0. The van der Waals surface area contributed by atoms with Gasteiger partial charge in [-0.2, -0.15) is 0 Å². The second-order valence-electron chi connectivity index (χ2n) is 4.70. The number of aromatic nitrogens is 3. The molecule has 0 spiro atoms. The van der Waals surface area contributed by atoms with E-state index in [1.807, 2.05) is 10.9 Å². The standard InChI is InChI=1S/C11H21N5/c1-10-2-4-15(5-3-10)6-7-16-9-11(8-12)13-14-16/h9-10H,2-8,12H2,1H3. The number of hydrogen-bond acceptors (Lipinski definition) is 4. The fourth-order valence-electron chi connectivity index (χ4n) is 2.07. The lowest BCUT2D eigenvalue weighted by Crippen LogP contribution is -2.35. The summed E-state index contributed by atoms with van der Waals surface area (Å²) >= 11 is 0. The second-order valence-corrected chi connectivity index (χ2v) is 4.70. The fourth-order valence-corrected chi connectivity index (χ4v) is 2.07. The van der Waals surface area contributed by atoms with Gasteiger partial charge in [-0.1, -0.05) is 12.1 Å². The zero-order valence-electron chi connectivity index (χ0n) is 9.97. The highest BCUT2D eigenvalue weighted by atomic mass is 15.4. The van der Waals surface area contributed by atoms with E-state index < -0.39 is 0 Å². The van der Waals surface area contributed by atoms with Crippen LogP contribution in [0.1, 0.15) is 25.5 Å². The fraction of sp³-hybridized carbons (Fsp3) is 0.818. The van der Waals surface area contributed by atoms with Crippen LogP contribution >= 0.6 is 0 Å². The van der Waals surface area contributed by atoms with Crippen LogP contribution in [0.15, 0.2) is 6.20 Å². The summed E-state index contributed by atoms with van der Waals surface area (Å²) < 4.78 is 1.89. The van der Waals surface area contributed by atoms with Crippen molar-refractivity contribution in [3.05, 3.63) is 11.9 Å². The molecule has 0 atom stereocenters. The van der Waals surface area contributed by atoms with Gasteiger partial charge >= 0.3 is 0 Å². The highest BCUT2D eigenvalue weighted by molar-refractivity contribution is 4.90. The molecule has 0 aliphatic carbocycles. The molecule has 2 heterocycles. The molecule has 2 N–H and O–H groups in total. The molecule has 0 saturated carbocycles. The topological polar surface area (TPSA) is 60.0 Å². The molecule has 90 valence electrons. The van der Waals surface area contributed by atoms with E-state index in [-0.39, 0.29) is 0 Å². The van der Waals surface area contributed by atoms with Crippen LogP contribution in [-0.2, 0) is 13.1 Å². The van der Waals surface area contributed by atoms with Crippen molar-refractivity contribution in [3.63, 3.8) is 0 Å². The van der Waals surface area contributed by atoms with E-state index in [2.05, 4.69) is 22.1 Å².